The molecule has 1 rings (SSSR count). The molecule has 1 unspecified atom stereocenters. The van der Waals surface area contributed by atoms with Crippen LogP contribution in [-0.2, 0) is 10.1 Å². The molecule has 4 nitrogen and oxygen atoms in total. The van der Waals surface area contributed by atoms with Gasteiger partial charge in [0.2, 0.25) is 0 Å². The molecule has 1 fully saturated rings. The Kier molecular flexibility index (Phi) is 2.51. The molecule has 0 saturated carbocycles. The maximum absolute atomic E-state index is 10.7. The minimum absolute atomic E-state index is 0.457. The fourth-order valence-electron chi connectivity index (χ4n) is 1.36. The molecule has 11 heavy (non-hydrogen) atoms. The summed E-state index contributed by atoms with van der Waals surface area (Å²) in [6, 6.07) is 0. The average Bonchev–Trinajstić information content (AvgIpc) is 1.86. The Morgan fingerprint density at radius 1 is 1.55 bits per heavy atom. The van der Waals surface area contributed by atoms with E-state index in [1.165, 1.54) is 0 Å². The molecule has 1 saturated heterocycles. The first-order valence-corrected chi connectivity index (χ1v) is 5.15. The SMILES string of the molecule is CN1CCCC(S(=O)(=O)O)C1. The lowest BCUT2D eigenvalue weighted by Crippen LogP contribution is -2.39. The van der Waals surface area contributed by atoms with E-state index in [1.54, 1.807) is 0 Å². The Morgan fingerprint density at radius 3 is 2.55 bits per heavy atom. The van der Waals surface area contributed by atoms with Gasteiger partial charge in [-0.15, -0.1) is 0 Å². The lowest BCUT2D eigenvalue weighted by Gasteiger charge is -2.27. The molecule has 1 aliphatic heterocycles. The van der Waals surface area contributed by atoms with Gasteiger partial charge in [0.1, 0.15) is 0 Å². The van der Waals surface area contributed by atoms with Crippen molar-refractivity contribution >= 4 is 10.1 Å². The van der Waals surface area contributed by atoms with E-state index in [0.717, 1.165) is 13.0 Å². The molecule has 0 radical (unpaired) electrons. The quantitative estimate of drug-likeness (QED) is 0.574. The highest BCUT2D eigenvalue weighted by molar-refractivity contribution is 7.86. The fraction of sp³-hybridized carbons (Fsp3) is 1.00. The molecule has 5 heteroatoms. The zero-order valence-electron chi connectivity index (χ0n) is 6.52. The van der Waals surface area contributed by atoms with Crippen LogP contribution in [0.2, 0.25) is 0 Å². The van der Waals surface area contributed by atoms with Crippen molar-refractivity contribution in [2.24, 2.45) is 0 Å². The number of hydrogen-bond acceptors (Lipinski definition) is 3. The van der Waals surface area contributed by atoms with Gasteiger partial charge in [0.15, 0.2) is 0 Å². The van der Waals surface area contributed by atoms with Crippen molar-refractivity contribution in [2.45, 2.75) is 18.1 Å². The van der Waals surface area contributed by atoms with Crippen LogP contribution in [0.3, 0.4) is 0 Å². The van der Waals surface area contributed by atoms with Gasteiger partial charge >= 0.3 is 0 Å². The number of nitrogens with zero attached hydrogens (tertiary/aromatic N) is 1. The van der Waals surface area contributed by atoms with Crippen LogP contribution in [0.15, 0.2) is 0 Å². The molecule has 0 spiro atoms. The molecular weight excluding hydrogens is 166 g/mol. The van der Waals surface area contributed by atoms with Crippen LogP contribution in [0.5, 0.6) is 0 Å². The molecule has 1 heterocycles. The van der Waals surface area contributed by atoms with Gasteiger partial charge in [-0.05, 0) is 26.4 Å². The predicted molar refractivity (Wildman–Crippen MR) is 42.1 cm³/mol. The largest absolute Gasteiger partial charge is 0.305 e. The Bertz CT molecular complexity index is 224. The van der Waals surface area contributed by atoms with Crippen molar-refractivity contribution in [2.75, 3.05) is 20.1 Å². The van der Waals surface area contributed by atoms with Gasteiger partial charge in [0.25, 0.3) is 10.1 Å². The van der Waals surface area contributed by atoms with Gasteiger partial charge in [0.05, 0.1) is 5.25 Å². The second-order valence-corrected chi connectivity index (χ2v) is 4.74. The number of hydrogen-bond donors (Lipinski definition) is 1. The van der Waals surface area contributed by atoms with Crippen molar-refractivity contribution in [3.05, 3.63) is 0 Å². The molecule has 1 aliphatic rings. The number of rotatable bonds is 1. The zero-order chi connectivity index (χ0) is 8.48. The average molecular weight is 179 g/mol. The van der Waals surface area contributed by atoms with Gasteiger partial charge in [-0.2, -0.15) is 8.42 Å². The van der Waals surface area contributed by atoms with Crippen molar-refractivity contribution in [1.82, 2.24) is 4.90 Å². The van der Waals surface area contributed by atoms with Crippen LogP contribution in [0, 0.1) is 0 Å². The van der Waals surface area contributed by atoms with Gasteiger partial charge in [-0.3, -0.25) is 4.55 Å². The summed E-state index contributed by atoms with van der Waals surface area (Å²) in [5.41, 5.74) is 0. The molecule has 66 valence electrons. The topological polar surface area (TPSA) is 57.6 Å². The van der Waals surface area contributed by atoms with E-state index in [4.69, 9.17) is 4.55 Å². The van der Waals surface area contributed by atoms with Crippen molar-refractivity contribution < 1.29 is 13.0 Å². The van der Waals surface area contributed by atoms with E-state index >= 15 is 0 Å². The van der Waals surface area contributed by atoms with Crippen LogP contribution >= 0.6 is 0 Å². The van der Waals surface area contributed by atoms with E-state index in [9.17, 15) is 8.42 Å². The molecule has 0 bridgehead atoms. The summed E-state index contributed by atoms with van der Waals surface area (Å²) in [6.45, 7) is 1.38. The van der Waals surface area contributed by atoms with E-state index in [2.05, 4.69) is 0 Å². The summed E-state index contributed by atoms with van der Waals surface area (Å²) in [7, 11) is -1.94. The van der Waals surface area contributed by atoms with E-state index < -0.39 is 15.4 Å². The number of likely N-dealkylation sites (tertiary alicyclic amines) is 1. The molecule has 1 atom stereocenters. The first kappa shape index (κ1) is 8.96. The summed E-state index contributed by atoms with van der Waals surface area (Å²) in [5.74, 6) is 0. The highest BCUT2D eigenvalue weighted by atomic mass is 32.2. The summed E-state index contributed by atoms with van der Waals surface area (Å²) in [5, 5.41) is -0.568. The Hall–Kier alpha value is -0.130. The molecule has 1 N–H and O–H groups in total. The van der Waals surface area contributed by atoms with Crippen LogP contribution in [0.4, 0.5) is 0 Å². The van der Waals surface area contributed by atoms with Gasteiger partial charge in [-0.25, -0.2) is 0 Å². The lowest BCUT2D eigenvalue weighted by atomic mass is 10.1. The van der Waals surface area contributed by atoms with E-state index in [1.807, 2.05) is 11.9 Å². The summed E-state index contributed by atoms with van der Waals surface area (Å²) >= 11 is 0. The first-order chi connectivity index (χ1) is 5.00. The van der Waals surface area contributed by atoms with Crippen molar-refractivity contribution in [3.63, 3.8) is 0 Å². The van der Waals surface area contributed by atoms with Crippen molar-refractivity contribution in [3.8, 4) is 0 Å². The monoisotopic (exact) mass is 179 g/mol. The first-order valence-electron chi connectivity index (χ1n) is 3.65. The zero-order valence-corrected chi connectivity index (χ0v) is 7.34. The third-order valence-electron chi connectivity index (χ3n) is 2.00. The number of piperidine rings is 1. The van der Waals surface area contributed by atoms with Crippen LogP contribution in [0.25, 0.3) is 0 Å². The smallest absolute Gasteiger partial charge is 0.269 e. The van der Waals surface area contributed by atoms with Crippen molar-refractivity contribution in [1.29, 1.82) is 0 Å². The van der Waals surface area contributed by atoms with E-state index in [-0.39, 0.29) is 0 Å². The van der Waals surface area contributed by atoms with Gasteiger partial charge < -0.3 is 4.90 Å². The third kappa shape index (κ3) is 2.43. The lowest BCUT2D eigenvalue weighted by molar-refractivity contribution is 0.271. The standard InChI is InChI=1S/C6H13NO3S/c1-7-4-2-3-6(5-7)11(8,9)10/h6H,2-5H2,1H3,(H,8,9,10). The second kappa shape index (κ2) is 3.08. The Balaban J connectivity index is 2.60. The van der Waals surface area contributed by atoms with Gasteiger partial charge in [0, 0.05) is 6.54 Å². The van der Waals surface area contributed by atoms with Gasteiger partial charge in [-0.1, -0.05) is 0 Å². The Labute approximate surface area is 66.9 Å². The second-order valence-electron chi connectivity index (χ2n) is 3.04. The van der Waals surface area contributed by atoms with Crippen LogP contribution < -0.4 is 0 Å². The normalized spacial score (nSPS) is 28.7. The maximum Gasteiger partial charge on any atom is 0.269 e. The highest BCUT2D eigenvalue weighted by Gasteiger charge is 2.27. The third-order valence-corrected chi connectivity index (χ3v) is 3.23. The maximum atomic E-state index is 10.7. The predicted octanol–water partition coefficient (Wildman–Crippen LogP) is -0.0316. The molecule has 0 amide bonds. The molecule has 0 aromatic rings. The summed E-state index contributed by atoms with van der Waals surface area (Å²) < 4.78 is 30.0. The van der Waals surface area contributed by atoms with Crippen LogP contribution in [-0.4, -0.2) is 43.3 Å². The summed E-state index contributed by atoms with van der Waals surface area (Å²) in [6.07, 6.45) is 1.43. The minimum atomic E-state index is -3.80. The fourth-order valence-corrected chi connectivity index (χ4v) is 2.27. The molecule has 0 aromatic carbocycles. The molecule has 0 aromatic heterocycles. The molecule has 0 aliphatic carbocycles. The summed E-state index contributed by atoms with van der Waals surface area (Å²) in [4.78, 5) is 1.92. The van der Waals surface area contributed by atoms with E-state index in [0.29, 0.717) is 13.0 Å². The minimum Gasteiger partial charge on any atom is -0.305 e. The van der Waals surface area contributed by atoms with Crippen LogP contribution in [0.1, 0.15) is 12.8 Å². The highest BCUT2D eigenvalue weighted by Crippen LogP contribution is 2.14. The Morgan fingerprint density at radius 2 is 2.18 bits per heavy atom. The molecular formula is C6H13NO3S.